The van der Waals surface area contributed by atoms with E-state index in [1.165, 1.54) is 0 Å². The molecule has 11 heavy (non-hydrogen) atoms. The Hall–Kier alpha value is -0.900. The molecule has 0 aliphatic carbocycles. The van der Waals surface area contributed by atoms with E-state index in [1.54, 1.807) is 0 Å². The molecule has 60 valence electrons. The van der Waals surface area contributed by atoms with Gasteiger partial charge in [0.05, 0.1) is 0 Å². The number of allylic oxidation sites excluding steroid dienone is 2. The smallest absolute Gasteiger partial charge is 0.408 e. The number of hydrogen-bond acceptors (Lipinski definition) is 2. The second-order valence-electron chi connectivity index (χ2n) is 2.39. The van der Waals surface area contributed by atoms with Gasteiger partial charge in [-0.3, -0.25) is 0 Å². The normalized spacial score (nSPS) is 30.7. The van der Waals surface area contributed by atoms with E-state index in [0.717, 1.165) is 0 Å². The predicted octanol–water partition coefficient (Wildman–Crippen LogP) is 1.09. The first-order valence-electron chi connectivity index (χ1n) is 3.42. The van der Waals surface area contributed by atoms with Crippen LogP contribution in [0.25, 0.3) is 0 Å². The molecule has 2 heterocycles. The van der Waals surface area contributed by atoms with Gasteiger partial charge in [0.2, 0.25) is 0 Å². The number of cyclic esters (lactones) is 1. The second-order valence-corrected chi connectivity index (χ2v) is 4.50. The topological polar surface area (TPSA) is 38.3 Å². The molecule has 1 atom stereocenters. The van der Waals surface area contributed by atoms with Crippen LogP contribution in [0, 0.1) is 0 Å². The molecule has 2 aliphatic rings. The zero-order valence-corrected chi connectivity index (χ0v) is 6.75. The molecule has 0 bridgehead atoms. The third-order valence-electron chi connectivity index (χ3n) is 1.64. The van der Waals surface area contributed by atoms with Gasteiger partial charge in [-0.05, 0) is 10.8 Å². The molecule has 0 saturated carbocycles. The highest BCUT2D eigenvalue weighted by atomic mass is 32.2. The van der Waals surface area contributed by atoms with E-state index in [0.29, 0.717) is 6.61 Å². The van der Waals surface area contributed by atoms with Crippen molar-refractivity contribution in [1.82, 2.24) is 5.32 Å². The summed E-state index contributed by atoms with van der Waals surface area (Å²) in [6, 6.07) is 0. The lowest BCUT2D eigenvalue weighted by Crippen LogP contribution is -2.24. The Kier molecular flexibility index (Phi) is 1.62. The van der Waals surface area contributed by atoms with E-state index in [2.05, 4.69) is 16.1 Å². The van der Waals surface area contributed by atoms with Crippen molar-refractivity contribution in [3.8, 4) is 0 Å². The zero-order chi connectivity index (χ0) is 7.68. The quantitative estimate of drug-likeness (QED) is 0.580. The summed E-state index contributed by atoms with van der Waals surface area (Å²) in [5, 5.41) is 7.20. The minimum atomic E-state index is -0.291. The maximum Gasteiger partial charge on any atom is 0.408 e. The van der Waals surface area contributed by atoms with Crippen molar-refractivity contribution in [3.63, 3.8) is 0 Å². The molecule has 0 aromatic carbocycles. The zero-order valence-electron chi connectivity index (χ0n) is 5.86. The predicted molar refractivity (Wildman–Crippen MR) is 45.5 cm³/mol. The molecule has 1 fully saturated rings. The van der Waals surface area contributed by atoms with Gasteiger partial charge in [0.1, 0.15) is 12.0 Å². The van der Waals surface area contributed by atoms with Crippen molar-refractivity contribution in [2.45, 2.75) is 5.37 Å². The molecule has 0 spiro atoms. The Morgan fingerprint density at radius 3 is 2.82 bits per heavy atom. The summed E-state index contributed by atoms with van der Waals surface area (Å²) in [5.41, 5.74) is 0. The van der Waals surface area contributed by atoms with Gasteiger partial charge in [0.15, 0.2) is 0 Å². The summed E-state index contributed by atoms with van der Waals surface area (Å²) in [5.74, 6) is 0. The van der Waals surface area contributed by atoms with Gasteiger partial charge in [-0.15, -0.1) is 0 Å². The van der Waals surface area contributed by atoms with Crippen molar-refractivity contribution in [3.05, 3.63) is 23.0 Å². The van der Waals surface area contributed by atoms with Gasteiger partial charge >= 0.3 is 6.09 Å². The molecule has 1 saturated heterocycles. The number of rotatable bonds is 1. The lowest BCUT2D eigenvalue weighted by atomic mass is 10.6. The summed E-state index contributed by atoms with van der Waals surface area (Å²) in [4.78, 5) is 10.6. The first-order valence-corrected chi connectivity index (χ1v) is 4.97. The summed E-state index contributed by atoms with van der Waals surface area (Å²) >= 11 is 0. The Morgan fingerprint density at radius 2 is 2.27 bits per heavy atom. The molecule has 3 nitrogen and oxygen atoms in total. The number of thiol groups is 1. The highest BCUT2D eigenvalue weighted by Crippen LogP contribution is 2.38. The lowest BCUT2D eigenvalue weighted by Gasteiger charge is -2.15. The van der Waals surface area contributed by atoms with E-state index >= 15 is 0 Å². The van der Waals surface area contributed by atoms with Crippen LogP contribution in [0.2, 0.25) is 0 Å². The summed E-state index contributed by atoms with van der Waals surface area (Å²) in [6.45, 7) is 0.513. The fourth-order valence-corrected chi connectivity index (χ4v) is 2.70. The van der Waals surface area contributed by atoms with Gasteiger partial charge in [0, 0.05) is 0 Å². The largest absolute Gasteiger partial charge is 0.446 e. The Balaban J connectivity index is 2.01. The molecule has 1 N–H and O–H groups in total. The van der Waals surface area contributed by atoms with Crippen molar-refractivity contribution in [1.29, 1.82) is 0 Å². The lowest BCUT2D eigenvalue weighted by molar-refractivity contribution is 0.178. The van der Waals surface area contributed by atoms with Crippen LogP contribution in [0.15, 0.2) is 23.0 Å². The molecular formula is C7H9NO2S. The molecule has 2 rings (SSSR count). The third kappa shape index (κ3) is 1.26. The van der Waals surface area contributed by atoms with Crippen LogP contribution in [0.5, 0.6) is 0 Å². The molecule has 0 aromatic heterocycles. The summed E-state index contributed by atoms with van der Waals surface area (Å²) in [7, 11) is -0.291. The van der Waals surface area contributed by atoms with Crippen LogP contribution in [-0.2, 0) is 4.74 Å². The molecule has 4 heteroatoms. The second kappa shape index (κ2) is 2.62. The van der Waals surface area contributed by atoms with Crippen LogP contribution in [0.4, 0.5) is 4.79 Å². The Labute approximate surface area is 67.5 Å². The number of amides is 1. The minimum Gasteiger partial charge on any atom is -0.446 e. The van der Waals surface area contributed by atoms with E-state index in [1.807, 2.05) is 12.2 Å². The third-order valence-corrected chi connectivity index (χ3v) is 3.67. The molecular weight excluding hydrogens is 162 g/mol. The Bertz CT molecular complexity index is 225. The number of ether oxygens (including phenoxy) is 1. The fraction of sp³-hybridized carbons (Fsp3) is 0.286. The first-order chi connectivity index (χ1) is 5.36. The van der Waals surface area contributed by atoms with Crippen LogP contribution < -0.4 is 5.32 Å². The Morgan fingerprint density at radius 1 is 1.55 bits per heavy atom. The maximum atomic E-state index is 10.6. The van der Waals surface area contributed by atoms with Crippen LogP contribution in [-0.4, -0.2) is 18.1 Å². The standard InChI is InChI=1S/C7H9NO2S/c9-7-8-6(5-10-7)11-3-1-2-4-11/h1-4,6,11H,5H2,(H,8,9)/t6-/m1/s1. The number of hydrogen-bond donors (Lipinski definition) is 2. The maximum absolute atomic E-state index is 10.6. The summed E-state index contributed by atoms with van der Waals surface area (Å²) in [6.07, 6.45) is 3.73. The molecule has 0 aromatic rings. The van der Waals surface area contributed by atoms with Crippen molar-refractivity contribution >= 4 is 17.0 Å². The van der Waals surface area contributed by atoms with Gasteiger partial charge < -0.3 is 10.1 Å². The van der Waals surface area contributed by atoms with Gasteiger partial charge in [-0.2, -0.15) is 10.9 Å². The monoisotopic (exact) mass is 171 g/mol. The van der Waals surface area contributed by atoms with Gasteiger partial charge in [0.25, 0.3) is 0 Å². The summed E-state index contributed by atoms with van der Waals surface area (Å²) < 4.78 is 4.78. The average Bonchev–Trinajstić information content (AvgIpc) is 2.55. The van der Waals surface area contributed by atoms with Gasteiger partial charge in [-0.1, -0.05) is 12.2 Å². The van der Waals surface area contributed by atoms with E-state index in [9.17, 15) is 4.79 Å². The van der Waals surface area contributed by atoms with Crippen LogP contribution in [0.1, 0.15) is 0 Å². The van der Waals surface area contributed by atoms with Gasteiger partial charge in [-0.25, -0.2) is 4.79 Å². The van der Waals surface area contributed by atoms with Crippen LogP contribution in [0.3, 0.4) is 0 Å². The van der Waals surface area contributed by atoms with Crippen molar-refractivity contribution in [2.24, 2.45) is 0 Å². The van der Waals surface area contributed by atoms with Crippen molar-refractivity contribution in [2.75, 3.05) is 6.61 Å². The molecule has 0 unspecified atom stereocenters. The number of alkyl carbamates (subject to hydrolysis) is 1. The van der Waals surface area contributed by atoms with Crippen LogP contribution >= 0.6 is 10.9 Å². The van der Waals surface area contributed by atoms with E-state index in [4.69, 9.17) is 4.74 Å². The molecule has 0 radical (unpaired) electrons. The number of carbonyl (C=O) groups is 1. The van der Waals surface area contributed by atoms with E-state index < -0.39 is 0 Å². The van der Waals surface area contributed by atoms with Crippen molar-refractivity contribution < 1.29 is 9.53 Å². The minimum absolute atomic E-state index is 0.201. The molecule has 1 amide bonds. The highest BCUT2D eigenvalue weighted by Gasteiger charge is 2.25. The fourth-order valence-electron chi connectivity index (χ4n) is 1.09. The highest BCUT2D eigenvalue weighted by molar-refractivity contribution is 8.22. The molecule has 2 aliphatic heterocycles. The average molecular weight is 171 g/mol. The first kappa shape index (κ1) is 6.79. The number of nitrogens with one attached hydrogen (secondary N) is 1. The van der Waals surface area contributed by atoms with E-state index in [-0.39, 0.29) is 22.4 Å². The number of carbonyl (C=O) groups excluding carboxylic acids is 1. The SMILES string of the molecule is O=C1N[C@H]([SH]2C=CC=C2)CO1.